The summed E-state index contributed by atoms with van der Waals surface area (Å²) in [5.74, 6) is -1.21. The number of para-hydroxylation sites is 1. The molecule has 0 aliphatic rings. The van der Waals surface area contributed by atoms with Crippen LogP contribution in [0, 0.1) is 5.82 Å². The van der Waals surface area contributed by atoms with Crippen LogP contribution in [0.3, 0.4) is 0 Å². The molecule has 140 valence electrons. The molecule has 3 rings (SSSR count). The number of halogens is 2. The Morgan fingerprint density at radius 1 is 1.19 bits per heavy atom. The largest absolute Gasteiger partial charge is 0.478 e. The number of aromatic carboxylic acids is 1. The van der Waals surface area contributed by atoms with Gasteiger partial charge >= 0.3 is 5.97 Å². The summed E-state index contributed by atoms with van der Waals surface area (Å²) in [5.41, 5.74) is 1.25. The molecule has 1 heterocycles. The number of nitrogens with one attached hydrogen (secondary N) is 1. The molecular formula is C20H19ClFN3O2. The summed E-state index contributed by atoms with van der Waals surface area (Å²) in [7, 11) is 0. The third-order valence-electron chi connectivity index (χ3n) is 4.03. The molecule has 0 fully saturated rings. The van der Waals surface area contributed by atoms with E-state index in [1.807, 2.05) is 32.9 Å². The van der Waals surface area contributed by atoms with Crippen LogP contribution in [0.2, 0.25) is 5.02 Å². The summed E-state index contributed by atoms with van der Waals surface area (Å²) >= 11 is 6.32. The van der Waals surface area contributed by atoms with Crippen molar-refractivity contribution in [2.75, 3.05) is 5.32 Å². The van der Waals surface area contributed by atoms with Gasteiger partial charge in [-0.2, -0.15) is 5.10 Å². The van der Waals surface area contributed by atoms with Crippen molar-refractivity contribution in [1.29, 1.82) is 0 Å². The van der Waals surface area contributed by atoms with Gasteiger partial charge < -0.3 is 10.4 Å². The van der Waals surface area contributed by atoms with Crippen molar-refractivity contribution in [3.8, 4) is 5.69 Å². The molecule has 0 aliphatic heterocycles. The molecule has 5 nitrogen and oxygen atoms in total. The van der Waals surface area contributed by atoms with Crippen molar-refractivity contribution in [2.45, 2.75) is 26.2 Å². The molecule has 0 saturated heterocycles. The first kappa shape index (κ1) is 18.9. The lowest BCUT2D eigenvalue weighted by atomic mass is 9.92. The maximum absolute atomic E-state index is 13.7. The molecule has 0 radical (unpaired) electrons. The van der Waals surface area contributed by atoms with Crippen LogP contribution in [-0.2, 0) is 5.41 Å². The summed E-state index contributed by atoms with van der Waals surface area (Å²) in [4.78, 5) is 11.5. The third kappa shape index (κ3) is 3.95. The van der Waals surface area contributed by atoms with Gasteiger partial charge in [0.15, 0.2) is 0 Å². The Kier molecular flexibility index (Phi) is 4.93. The summed E-state index contributed by atoms with van der Waals surface area (Å²) in [6, 6.07) is 12.5. The number of rotatable bonds is 4. The molecule has 1 aromatic heterocycles. The van der Waals surface area contributed by atoms with E-state index in [4.69, 9.17) is 11.6 Å². The van der Waals surface area contributed by atoms with Gasteiger partial charge in [-0.15, -0.1) is 0 Å². The molecule has 0 saturated carbocycles. The fraction of sp³-hybridized carbons (Fsp3) is 0.200. The maximum atomic E-state index is 13.7. The van der Waals surface area contributed by atoms with Crippen molar-refractivity contribution < 1.29 is 14.3 Å². The highest BCUT2D eigenvalue weighted by Gasteiger charge is 2.22. The van der Waals surface area contributed by atoms with E-state index in [0.717, 1.165) is 17.8 Å². The fourth-order valence-corrected chi connectivity index (χ4v) is 2.80. The Hall–Kier alpha value is -2.86. The second-order valence-corrected chi connectivity index (χ2v) is 7.56. The van der Waals surface area contributed by atoms with Crippen molar-refractivity contribution in [2.24, 2.45) is 0 Å². The summed E-state index contributed by atoms with van der Waals surface area (Å²) in [5, 5.41) is 17.5. The highest BCUT2D eigenvalue weighted by atomic mass is 35.5. The van der Waals surface area contributed by atoms with Crippen LogP contribution in [0.5, 0.6) is 0 Å². The lowest BCUT2D eigenvalue weighted by Gasteiger charge is -2.14. The molecule has 0 spiro atoms. The molecule has 2 aromatic carbocycles. The minimum atomic E-state index is -1.16. The quantitative estimate of drug-likeness (QED) is 0.628. The maximum Gasteiger partial charge on any atom is 0.337 e. The topological polar surface area (TPSA) is 67.2 Å². The van der Waals surface area contributed by atoms with Crippen LogP contribution in [0.1, 0.15) is 36.8 Å². The number of hydrogen-bond donors (Lipinski definition) is 2. The second kappa shape index (κ2) is 7.04. The van der Waals surface area contributed by atoms with Gasteiger partial charge in [-0.1, -0.05) is 44.5 Å². The average Bonchev–Trinajstić information content (AvgIpc) is 2.99. The molecule has 3 aromatic rings. The number of carboxylic acids is 1. The summed E-state index contributed by atoms with van der Waals surface area (Å²) in [6.07, 6.45) is 0. The Labute approximate surface area is 161 Å². The first-order valence-corrected chi connectivity index (χ1v) is 8.70. The monoisotopic (exact) mass is 387 g/mol. The average molecular weight is 388 g/mol. The van der Waals surface area contributed by atoms with Crippen LogP contribution in [0.25, 0.3) is 5.69 Å². The van der Waals surface area contributed by atoms with E-state index in [2.05, 4.69) is 10.4 Å². The number of nitrogens with zero attached hydrogens (tertiary/aromatic N) is 2. The van der Waals surface area contributed by atoms with Gasteiger partial charge in [0, 0.05) is 11.5 Å². The SMILES string of the molecule is CC(C)(C)c1cc(Nc2cc(F)ccc2C(=O)O)n(-c2ccccc2Cl)n1. The van der Waals surface area contributed by atoms with Crippen molar-refractivity contribution >= 4 is 29.1 Å². The van der Waals surface area contributed by atoms with Crippen LogP contribution < -0.4 is 5.32 Å². The molecule has 27 heavy (non-hydrogen) atoms. The van der Waals surface area contributed by atoms with Crippen LogP contribution in [0.15, 0.2) is 48.5 Å². The summed E-state index contributed by atoms with van der Waals surface area (Å²) < 4.78 is 15.3. The first-order valence-electron chi connectivity index (χ1n) is 8.32. The predicted molar refractivity (Wildman–Crippen MR) is 104 cm³/mol. The normalized spacial score (nSPS) is 11.4. The van der Waals surface area contributed by atoms with Gasteiger partial charge in [0.1, 0.15) is 11.6 Å². The molecule has 0 aliphatic carbocycles. The minimum Gasteiger partial charge on any atom is -0.478 e. The van der Waals surface area contributed by atoms with E-state index >= 15 is 0 Å². The van der Waals surface area contributed by atoms with E-state index in [9.17, 15) is 14.3 Å². The third-order valence-corrected chi connectivity index (χ3v) is 4.35. The number of carbonyl (C=O) groups is 1. The predicted octanol–water partition coefficient (Wildman–Crippen LogP) is 5.40. The zero-order chi connectivity index (χ0) is 19.8. The van der Waals surface area contributed by atoms with E-state index in [1.165, 1.54) is 6.07 Å². The Morgan fingerprint density at radius 2 is 1.89 bits per heavy atom. The molecule has 0 bridgehead atoms. The van der Waals surface area contributed by atoms with Gasteiger partial charge in [0.2, 0.25) is 0 Å². The Bertz CT molecular complexity index is 1010. The van der Waals surface area contributed by atoms with Gasteiger partial charge in [0.05, 0.1) is 27.7 Å². The molecule has 0 atom stereocenters. The van der Waals surface area contributed by atoms with Crippen molar-refractivity contribution in [3.63, 3.8) is 0 Å². The van der Waals surface area contributed by atoms with E-state index in [-0.39, 0.29) is 16.7 Å². The standard InChI is InChI=1S/C20H19ClFN3O2/c1-20(2,3)17-11-18(25(24-17)16-7-5-4-6-14(16)21)23-15-10-12(22)8-9-13(15)19(26)27/h4-11,23H,1-3H3,(H,26,27). The first-order chi connectivity index (χ1) is 12.7. The lowest BCUT2D eigenvalue weighted by Crippen LogP contribution is -2.12. The van der Waals surface area contributed by atoms with E-state index in [0.29, 0.717) is 16.5 Å². The minimum absolute atomic E-state index is 0.0411. The smallest absolute Gasteiger partial charge is 0.337 e. The van der Waals surface area contributed by atoms with E-state index < -0.39 is 11.8 Å². The molecular weight excluding hydrogens is 369 g/mol. The lowest BCUT2D eigenvalue weighted by molar-refractivity contribution is 0.0698. The number of carboxylic acid groups (broad SMARTS) is 1. The van der Waals surface area contributed by atoms with Crippen LogP contribution in [-0.4, -0.2) is 20.9 Å². The number of hydrogen-bond acceptors (Lipinski definition) is 3. The number of aromatic nitrogens is 2. The molecule has 0 unspecified atom stereocenters. The number of benzene rings is 2. The van der Waals surface area contributed by atoms with Crippen LogP contribution >= 0.6 is 11.6 Å². The molecule has 0 amide bonds. The number of anilines is 2. The zero-order valence-electron chi connectivity index (χ0n) is 15.1. The Morgan fingerprint density at radius 3 is 2.52 bits per heavy atom. The Balaban J connectivity index is 2.16. The second-order valence-electron chi connectivity index (χ2n) is 7.15. The van der Waals surface area contributed by atoms with E-state index in [1.54, 1.807) is 22.9 Å². The van der Waals surface area contributed by atoms with Crippen molar-refractivity contribution in [3.05, 3.63) is 70.6 Å². The van der Waals surface area contributed by atoms with Gasteiger partial charge in [0.25, 0.3) is 0 Å². The van der Waals surface area contributed by atoms with Gasteiger partial charge in [-0.05, 0) is 30.3 Å². The summed E-state index contributed by atoms with van der Waals surface area (Å²) in [6.45, 7) is 6.04. The van der Waals surface area contributed by atoms with Gasteiger partial charge in [-0.25, -0.2) is 13.9 Å². The van der Waals surface area contributed by atoms with Gasteiger partial charge in [-0.3, -0.25) is 0 Å². The highest BCUT2D eigenvalue weighted by Crippen LogP contribution is 2.31. The zero-order valence-corrected chi connectivity index (χ0v) is 15.9. The molecule has 2 N–H and O–H groups in total. The molecule has 7 heteroatoms. The van der Waals surface area contributed by atoms with Crippen LogP contribution in [0.4, 0.5) is 15.9 Å². The highest BCUT2D eigenvalue weighted by molar-refractivity contribution is 6.32. The van der Waals surface area contributed by atoms with Crippen molar-refractivity contribution in [1.82, 2.24) is 9.78 Å². The fourth-order valence-electron chi connectivity index (χ4n) is 2.59.